The van der Waals surface area contributed by atoms with E-state index in [4.69, 9.17) is 7.85 Å². The van der Waals surface area contributed by atoms with Crippen LogP contribution in [-0.2, 0) is 9.84 Å². The summed E-state index contributed by atoms with van der Waals surface area (Å²) in [6.07, 6.45) is 1.60. The van der Waals surface area contributed by atoms with Gasteiger partial charge >= 0.3 is 78.8 Å². The van der Waals surface area contributed by atoms with Crippen molar-refractivity contribution in [2.24, 2.45) is 0 Å². The van der Waals surface area contributed by atoms with Gasteiger partial charge in [0.2, 0.25) is 0 Å². The van der Waals surface area contributed by atoms with E-state index in [1.807, 2.05) is 0 Å². The van der Waals surface area contributed by atoms with Crippen LogP contribution >= 0.6 is 0 Å². The molecule has 80 valence electrons. The predicted molar refractivity (Wildman–Crippen MR) is 55.9 cm³/mol. The normalized spacial score (nSPS) is 15.1. The molecule has 0 spiro atoms. The molecule has 1 aliphatic rings. The third-order valence-corrected chi connectivity index (χ3v) is 4.45. The van der Waals surface area contributed by atoms with Gasteiger partial charge in [0, 0.05) is 0 Å². The smallest absolute Gasteiger partial charge is 0.870 e. The van der Waals surface area contributed by atoms with E-state index in [0.717, 1.165) is 12.8 Å². The van der Waals surface area contributed by atoms with Crippen LogP contribution in [0, 0.1) is 0 Å². The molecular formula is C9H11BO4S. The van der Waals surface area contributed by atoms with Crippen LogP contribution in [0.15, 0.2) is 29.2 Å². The Bertz CT molecular complexity index is 408. The number of hydrogen-bond donors (Lipinski definition) is 0. The quantitative estimate of drug-likeness (QED) is 0.666. The van der Waals surface area contributed by atoms with Gasteiger partial charge < -0.3 is 11.0 Å². The second-order valence-electron chi connectivity index (χ2n) is 3.31. The molecule has 1 aliphatic carbocycles. The molecule has 6 heteroatoms. The number of hydrogen-bond acceptors (Lipinski definition) is 4. The largest absolute Gasteiger partial charge is 0.870 e. The molecule has 2 rings (SSSR count). The molecule has 0 saturated heterocycles. The summed E-state index contributed by atoms with van der Waals surface area (Å²) in [7, 11) is 2.43. The van der Waals surface area contributed by atoms with Crippen molar-refractivity contribution in [3.63, 3.8) is 0 Å². The first-order valence-electron chi connectivity index (χ1n) is 4.20. The van der Waals surface area contributed by atoms with Crippen molar-refractivity contribution in [2.45, 2.75) is 23.0 Å². The number of rotatable bonds is 2. The molecule has 0 unspecified atom stereocenters. The topological polar surface area (TPSA) is 94.1 Å². The Balaban J connectivity index is 0.000000980. The monoisotopic (exact) mass is 226 g/mol. The van der Waals surface area contributed by atoms with Crippen molar-refractivity contribution in [3.8, 4) is 0 Å². The van der Waals surface area contributed by atoms with Gasteiger partial charge in [-0.2, -0.15) is 0 Å². The third-order valence-electron chi connectivity index (χ3n) is 2.17. The summed E-state index contributed by atoms with van der Waals surface area (Å²) in [5.74, 6) is 0. The van der Waals surface area contributed by atoms with E-state index in [2.05, 4.69) is 0 Å². The third kappa shape index (κ3) is 2.81. The summed E-state index contributed by atoms with van der Waals surface area (Å²) in [6, 6.07) is 6.39. The van der Waals surface area contributed by atoms with Crippen molar-refractivity contribution in [2.75, 3.05) is 0 Å². The van der Waals surface area contributed by atoms with Crippen molar-refractivity contribution < 1.29 is 19.4 Å². The molecule has 0 bridgehead atoms. The second kappa shape index (κ2) is 4.78. The average Bonchev–Trinajstić information content (AvgIpc) is 2.87. The van der Waals surface area contributed by atoms with Gasteiger partial charge in [-0.1, -0.05) is 0 Å². The molecule has 0 radical (unpaired) electrons. The zero-order valence-corrected chi connectivity index (χ0v) is 8.81. The number of sulfone groups is 1. The maximum atomic E-state index is 11.7. The van der Waals surface area contributed by atoms with Crippen LogP contribution in [0.1, 0.15) is 12.8 Å². The fourth-order valence-corrected chi connectivity index (χ4v) is 2.89. The van der Waals surface area contributed by atoms with Crippen LogP contribution in [0.25, 0.3) is 0 Å². The van der Waals surface area contributed by atoms with Crippen molar-refractivity contribution in [1.82, 2.24) is 0 Å². The summed E-state index contributed by atoms with van der Waals surface area (Å²) in [4.78, 5) is 0.393. The molecule has 1 aromatic rings. The zero-order chi connectivity index (χ0) is 9.47. The van der Waals surface area contributed by atoms with Gasteiger partial charge in [0.05, 0.1) is 0 Å². The maximum Gasteiger partial charge on any atom is -0.870 e. The molecule has 4 nitrogen and oxygen atoms in total. The van der Waals surface area contributed by atoms with Gasteiger partial charge in [0.1, 0.15) is 0 Å². The Morgan fingerprint density at radius 2 is 1.53 bits per heavy atom. The van der Waals surface area contributed by atoms with E-state index in [0.29, 0.717) is 10.4 Å². The van der Waals surface area contributed by atoms with Gasteiger partial charge in [-0.15, -0.1) is 0 Å². The standard InChI is InChI=1S/C9H9BO2S.2H2O/c10-7-1-3-8(4-2-7)13(11,12)9-5-6-9;;/h1-4,9H,5-6H2;2*1H2/q+2;;/p-2. The minimum Gasteiger partial charge on any atom is -0.870 e. The van der Waals surface area contributed by atoms with Crippen LogP contribution in [0.4, 0.5) is 0 Å². The van der Waals surface area contributed by atoms with Crippen molar-refractivity contribution >= 4 is 23.1 Å². The summed E-state index contributed by atoms with van der Waals surface area (Å²) in [6.45, 7) is 0. The zero-order valence-electron chi connectivity index (χ0n) is 8.00. The Labute approximate surface area is 90.3 Å². The molecule has 15 heavy (non-hydrogen) atoms. The first kappa shape index (κ1) is 14.2. The van der Waals surface area contributed by atoms with Gasteiger partial charge in [-0.05, 0) is 0 Å². The molecule has 1 fully saturated rings. The molecule has 0 amide bonds. The van der Waals surface area contributed by atoms with E-state index in [9.17, 15) is 8.42 Å². The maximum absolute atomic E-state index is 11.7. The summed E-state index contributed by atoms with van der Waals surface area (Å²) in [5.41, 5.74) is 0.592. The van der Waals surface area contributed by atoms with Crippen LogP contribution in [0.2, 0.25) is 0 Å². The Kier molecular flexibility index (Phi) is 4.51. The Morgan fingerprint density at radius 3 is 1.93 bits per heavy atom. The first-order valence-corrected chi connectivity index (χ1v) is 5.75. The van der Waals surface area contributed by atoms with E-state index in [-0.39, 0.29) is 16.2 Å². The molecule has 1 aromatic carbocycles. The van der Waals surface area contributed by atoms with Crippen LogP contribution in [0.3, 0.4) is 0 Å². The van der Waals surface area contributed by atoms with Gasteiger partial charge in [0.15, 0.2) is 0 Å². The molecule has 0 aliphatic heterocycles. The fourth-order valence-electron chi connectivity index (χ4n) is 1.23. The number of benzene rings is 1. The summed E-state index contributed by atoms with van der Waals surface area (Å²) < 4.78 is 23.3. The van der Waals surface area contributed by atoms with Crippen LogP contribution in [0.5, 0.6) is 0 Å². The molecular weight excluding hydrogens is 215 g/mol. The van der Waals surface area contributed by atoms with E-state index in [1.165, 1.54) is 0 Å². The summed E-state index contributed by atoms with van der Waals surface area (Å²) in [5, 5.41) is -0.142. The van der Waals surface area contributed by atoms with Crippen molar-refractivity contribution in [3.05, 3.63) is 24.3 Å². The molecule has 2 N–H and O–H groups in total. The van der Waals surface area contributed by atoms with Gasteiger partial charge in [0.25, 0.3) is 0 Å². The second-order valence-corrected chi connectivity index (χ2v) is 5.54. The molecule has 1 saturated carbocycles. The van der Waals surface area contributed by atoms with E-state index >= 15 is 0 Å². The molecule has 0 aromatic heterocycles. The molecule has 0 atom stereocenters. The fraction of sp³-hybridized carbons (Fsp3) is 0.333. The Hall–Kier alpha value is -0.845. The van der Waals surface area contributed by atoms with Crippen molar-refractivity contribution in [1.29, 1.82) is 0 Å². The first-order chi connectivity index (χ1) is 6.10. The van der Waals surface area contributed by atoms with Crippen LogP contribution in [-0.4, -0.2) is 32.5 Å². The van der Waals surface area contributed by atoms with E-state index in [1.54, 1.807) is 24.3 Å². The minimum absolute atomic E-state index is 0. The van der Waals surface area contributed by atoms with Gasteiger partial charge in [-0.25, -0.2) is 0 Å². The molecule has 0 heterocycles. The minimum atomic E-state index is -3.04. The SMILES string of the molecule is [B+2]c1ccc(S(=O)(=O)C2CC2)cc1.[OH-].[OH-]. The predicted octanol–water partition coefficient (Wildman–Crippen LogP) is 0.0629. The van der Waals surface area contributed by atoms with Crippen LogP contribution < -0.4 is 5.46 Å². The van der Waals surface area contributed by atoms with Gasteiger partial charge in [-0.3, -0.25) is 0 Å². The Morgan fingerprint density at radius 1 is 1.07 bits per heavy atom. The van der Waals surface area contributed by atoms with E-state index < -0.39 is 9.84 Å². The average molecular weight is 226 g/mol. The summed E-state index contributed by atoms with van der Waals surface area (Å²) >= 11 is 0.